The van der Waals surface area contributed by atoms with Gasteiger partial charge in [-0.3, -0.25) is 0 Å². The van der Waals surface area contributed by atoms with Gasteiger partial charge in [-0.2, -0.15) is 0 Å². The summed E-state index contributed by atoms with van der Waals surface area (Å²) in [5.41, 5.74) is 0.767. The molecule has 1 aromatic rings. The van der Waals surface area contributed by atoms with Crippen LogP contribution in [-0.2, 0) is 6.42 Å². The molecule has 2 nitrogen and oxygen atoms in total. The highest BCUT2D eigenvalue weighted by molar-refractivity contribution is 6.18. The quantitative estimate of drug-likeness (QED) is 0.749. The van der Waals surface area contributed by atoms with Crippen LogP contribution in [0.1, 0.15) is 5.56 Å². The summed E-state index contributed by atoms with van der Waals surface area (Å²) >= 11 is 5.37. The Morgan fingerprint density at radius 2 is 1.71 bits per heavy atom. The van der Waals surface area contributed by atoms with Crippen molar-refractivity contribution in [2.45, 2.75) is 18.6 Å². The van der Waals surface area contributed by atoms with Crippen LogP contribution < -0.4 is 0 Å². The van der Waals surface area contributed by atoms with Crippen LogP contribution in [0.5, 0.6) is 0 Å². The van der Waals surface area contributed by atoms with Crippen LogP contribution in [-0.4, -0.2) is 28.3 Å². The van der Waals surface area contributed by atoms with Crippen molar-refractivity contribution >= 4 is 11.6 Å². The molecule has 2 N–H and O–H groups in total. The van der Waals surface area contributed by atoms with Gasteiger partial charge in [0.1, 0.15) is 5.82 Å². The van der Waals surface area contributed by atoms with Crippen molar-refractivity contribution in [3.8, 4) is 0 Å². The highest BCUT2D eigenvalue weighted by Gasteiger charge is 2.15. The molecule has 0 bridgehead atoms. The SMILES string of the molecule is OC(CCl)[C@@H](O)Cc1ccc(F)cc1. The van der Waals surface area contributed by atoms with Crippen molar-refractivity contribution in [2.75, 3.05) is 5.88 Å². The van der Waals surface area contributed by atoms with Crippen LogP contribution in [0.3, 0.4) is 0 Å². The lowest BCUT2D eigenvalue weighted by molar-refractivity contribution is 0.0341. The molecule has 0 saturated heterocycles. The van der Waals surface area contributed by atoms with Crippen molar-refractivity contribution in [3.63, 3.8) is 0 Å². The Morgan fingerprint density at radius 1 is 1.14 bits per heavy atom. The van der Waals surface area contributed by atoms with E-state index in [9.17, 15) is 14.6 Å². The van der Waals surface area contributed by atoms with Gasteiger partial charge in [0, 0.05) is 6.42 Å². The lowest BCUT2D eigenvalue weighted by Gasteiger charge is -2.14. The first-order chi connectivity index (χ1) is 6.63. The first kappa shape index (κ1) is 11.4. The van der Waals surface area contributed by atoms with Gasteiger partial charge in [0.25, 0.3) is 0 Å². The molecule has 78 valence electrons. The van der Waals surface area contributed by atoms with E-state index in [1.54, 1.807) is 12.1 Å². The second kappa shape index (κ2) is 5.29. The fraction of sp³-hybridized carbons (Fsp3) is 0.400. The Labute approximate surface area is 86.9 Å². The molecule has 0 aliphatic heterocycles. The highest BCUT2D eigenvalue weighted by Crippen LogP contribution is 2.08. The predicted molar refractivity (Wildman–Crippen MR) is 52.8 cm³/mol. The zero-order chi connectivity index (χ0) is 10.6. The lowest BCUT2D eigenvalue weighted by atomic mass is 10.0. The third kappa shape index (κ3) is 3.25. The molecular formula is C10H12ClFO2. The predicted octanol–water partition coefficient (Wildman–Crippen LogP) is 1.33. The third-order valence-corrected chi connectivity index (χ3v) is 2.28. The number of hydrogen-bond donors (Lipinski definition) is 2. The Bertz CT molecular complexity index is 276. The van der Waals surface area contributed by atoms with E-state index in [4.69, 9.17) is 11.6 Å². The number of hydrogen-bond acceptors (Lipinski definition) is 2. The van der Waals surface area contributed by atoms with Gasteiger partial charge >= 0.3 is 0 Å². The van der Waals surface area contributed by atoms with E-state index in [1.807, 2.05) is 0 Å². The Hall–Kier alpha value is -0.640. The van der Waals surface area contributed by atoms with E-state index in [2.05, 4.69) is 0 Å². The van der Waals surface area contributed by atoms with Gasteiger partial charge < -0.3 is 10.2 Å². The molecule has 0 saturated carbocycles. The van der Waals surface area contributed by atoms with E-state index < -0.39 is 12.2 Å². The average molecular weight is 219 g/mol. The largest absolute Gasteiger partial charge is 0.390 e. The van der Waals surface area contributed by atoms with E-state index in [1.165, 1.54) is 12.1 Å². The molecule has 2 atom stereocenters. The molecular weight excluding hydrogens is 207 g/mol. The molecule has 0 heterocycles. The molecule has 0 aliphatic carbocycles. The molecule has 0 aliphatic rings. The number of halogens is 2. The zero-order valence-corrected chi connectivity index (χ0v) is 8.28. The van der Waals surface area contributed by atoms with Crippen molar-refractivity contribution in [1.82, 2.24) is 0 Å². The first-order valence-corrected chi connectivity index (χ1v) is 4.83. The van der Waals surface area contributed by atoms with Crippen LogP contribution >= 0.6 is 11.6 Å². The minimum Gasteiger partial charge on any atom is -0.390 e. The van der Waals surface area contributed by atoms with E-state index in [0.29, 0.717) is 0 Å². The normalized spacial score (nSPS) is 15.1. The van der Waals surface area contributed by atoms with Crippen molar-refractivity contribution in [1.29, 1.82) is 0 Å². The Kier molecular flexibility index (Phi) is 4.32. The topological polar surface area (TPSA) is 40.5 Å². The fourth-order valence-electron chi connectivity index (χ4n) is 1.10. The minimum atomic E-state index is -0.943. The van der Waals surface area contributed by atoms with Crippen molar-refractivity contribution in [3.05, 3.63) is 35.6 Å². The maximum absolute atomic E-state index is 12.5. The average Bonchev–Trinajstić information content (AvgIpc) is 2.20. The van der Waals surface area contributed by atoms with Crippen LogP contribution in [0.15, 0.2) is 24.3 Å². The van der Waals surface area contributed by atoms with Crippen LogP contribution in [0.2, 0.25) is 0 Å². The lowest BCUT2D eigenvalue weighted by Crippen LogP contribution is -2.29. The van der Waals surface area contributed by atoms with Gasteiger partial charge in [0.15, 0.2) is 0 Å². The molecule has 0 spiro atoms. The summed E-state index contributed by atoms with van der Waals surface area (Å²) in [6.45, 7) is 0. The second-order valence-corrected chi connectivity index (χ2v) is 3.43. The maximum atomic E-state index is 12.5. The molecule has 1 unspecified atom stereocenters. The molecule has 1 rings (SSSR count). The maximum Gasteiger partial charge on any atom is 0.123 e. The highest BCUT2D eigenvalue weighted by atomic mass is 35.5. The summed E-state index contributed by atoms with van der Waals surface area (Å²) in [4.78, 5) is 0. The number of rotatable bonds is 4. The van der Waals surface area contributed by atoms with Gasteiger partial charge in [0.2, 0.25) is 0 Å². The molecule has 0 aromatic heterocycles. The van der Waals surface area contributed by atoms with E-state index in [-0.39, 0.29) is 18.1 Å². The number of benzene rings is 1. The molecule has 1 aromatic carbocycles. The minimum absolute atomic E-state index is 0.0115. The zero-order valence-electron chi connectivity index (χ0n) is 7.53. The first-order valence-electron chi connectivity index (χ1n) is 4.30. The van der Waals surface area contributed by atoms with Crippen LogP contribution in [0.25, 0.3) is 0 Å². The summed E-state index contributed by atoms with van der Waals surface area (Å²) in [5, 5.41) is 18.6. The summed E-state index contributed by atoms with van der Waals surface area (Å²) < 4.78 is 12.5. The van der Waals surface area contributed by atoms with E-state index >= 15 is 0 Å². The van der Waals surface area contributed by atoms with Crippen molar-refractivity contribution < 1.29 is 14.6 Å². The van der Waals surface area contributed by atoms with Crippen LogP contribution in [0, 0.1) is 5.82 Å². The van der Waals surface area contributed by atoms with Gasteiger partial charge in [0.05, 0.1) is 18.1 Å². The number of aliphatic hydroxyl groups is 2. The summed E-state index contributed by atoms with van der Waals surface area (Å²) in [6.07, 6.45) is -1.58. The fourth-order valence-corrected chi connectivity index (χ4v) is 1.31. The smallest absolute Gasteiger partial charge is 0.123 e. The third-order valence-electron chi connectivity index (χ3n) is 1.96. The van der Waals surface area contributed by atoms with Crippen molar-refractivity contribution in [2.24, 2.45) is 0 Å². The second-order valence-electron chi connectivity index (χ2n) is 3.12. The summed E-state index contributed by atoms with van der Waals surface area (Å²) in [6, 6.07) is 5.77. The van der Waals surface area contributed by atoms with Gasteiger partial charge in [-0.1, -0.05) is 12.1 Å². The number of aliphatic hydroxyl groups excluding tert-OH is 2. The standard InChI is InChI=1S/C10H12ClFO2/c11-6-10(14)9(13)5-7-1-3-8(12)4-2-7/h1-4,9-10,13-14H,5-6H2/t9-,10?/m0/s1. The van der Waals surface area contributed by atoms with Gasteiger partial charge in [-0.15, -0.1) is 11.6 Å². The number of alkyl halides is 1. The van der Waals surface area contributed by atoms with Gasteiger partial charge in [-0.25, -0.2) is 4.39 Å². The Balaban J connectivity index is 2.56. The Morgan fingerprint density at radius 3 is 2.21 bits per heavy atom. The summed E-state index contributed by atoms with van der Waals surface area (Å²) in [5.74, 6) is -0.330. The molecule has 4 heteroatoms. The molecule has 14 heavy (non-hydrogen) atoms. The van der Waals surface area contributed by atoms with Crippen LogP contribution in [0.4, 0.5) is 4.39 Å². The summed E-state index contributed by atoms with van der Waals surface area (Å²) in [7, 11) is 0. The van der Waals surface area contributed by atoms with Gasteiger partial charge in [-0.05, 0) is 17.7 Å². The van der Waals surface area contributed by atoms with E-state index in [0.717, 1.165) is 5.56 Å². The monoisotopic (exact) mass is 218 g/mol. The molecule has 0 fully saturated rings. The molecule has 0 amide bonds. The molecule has 0 radical (unpaired) electrons.